The third-order valence-electron chi connectivity index (χ3n) is 6.71. The Bertz CT molecular complexity index is 1030. The van der Waals surface area contributed by atoms with E-state index in [-0.39, 0.29) is 5.97 Å². The maximum absolute atomic E-state index is 12.3. The van der Waals surface area contributed by atoms with Crippen molar-refractivity contribution in [2.45, 2.75) is 91.3 Å². The van der Waals surface area contributed by atoms with Crippen molar-refractivity contribution in [2.24, 2.45) is 11.8 Å². The first kappa shape index (κ1) is 28.8. The van der Waals surface area contributed by atoms with Gasteiger partial charge in [0.25, 0.3) is 0 Å². The van der Waals surface area contributed by atoms with E-state index in [0.717, 1.165) is 48.4 Å². The molecule has 3 atom stereocenters. The number of hydrogen-bond donors (Lipinski definition) is 1. The summed E-state index contributed by atoms with van der Waals surface area (Å²) >= 11 is -0.807. The quantitative estimate of drug-likeness (QED) is 0.289. The maximum atomic E-state index is 12.3. The number of esters is 1. The molecular formula is C28H41N2O4S2-. The predicted octanol–water partition coefficient (Wildman–Crippen LogP) is 6.22. The number of methoxy groups -OCH3 is 1. The van der Waals surface area contributed by atoms with Crippen LogP contribution in [0.25, 0.3) is 11.1 Å². The molecule has 1 aromatic carbocycles. The lowest BCUT2D eigenvalue weighted by Gasteiger charge is -2.38. The normalized spacial score (nSPS) is 19.3. The van der Waals surface area contributed by atoms with E-state index in [4.69, 9.17) is 4.74 Å². The number of ether oxygens (including phenoxy) is 1. The number of benzene rings is 1. The summed E-state index contributed by atoms with van der Waals surface area (Å²) in [5, 5.41) is 4.44. The molecule has 2 aromatic rings. The fourth-order valence-corrected chi connectivity index (χ4v) is 7.42. The largest absolute Gasteiger partial charge is 0.755 e. The van der Waals surface area contributed by atoms with Crippen molar-refractivity contribution in [1.82, 2.24) is 5.32 Å². The summed E-state index contributed by atoms with van der Waals surface area (Å²) in [6.07, 6.45) is 5.85. The molecule has 1 fully saturated rings. The third kappa shape index (κ3) is 7.63. The van der Waals surface area contributed by atoms with E-state index in [2.05, 4.69) is 49.5 Å². The molecule has 2 unspecified atom stereocenters. The van der Waals surface area contributed by atoms with Crippen molar-refractivity contribution in [3.05, 3.63) is 40.8 Å². The number of carbonyl (C=O) groups is 1. The first-order valence-corrected chi connectivity index (χ1v) is 14.8. The average molecular weight is 534 g/mol. The molecule has 1 aromatic heterocycles. The molecule has 0 saturated heterocycles. The number of thiophene rings is 1. The maximum Gasteiger partial charge on any atom is 0.305 e. The van der Waals surface area contributed by atoms with Gasteiger partial charge in [-0.25, -0.2) is 0 Å². The van der Waals surface area contributed by atoms with Gasteiger partial charge >= 0.3 is 5.97 Å². The van der Waals surface area contributed by atoms with Gasteiger partial charge in [0.2, 0.25) is 0 Å². The smallest absolute Gasteiger partial charge is 0.305 e. The monoisotopic (exact) mass is 533 g/mol. The van der Waals surface area contributed by atoms with E-state index in [1.54, 1.807) is 11.3 Å². The highest BCUT2D eigenvalue weighted by Gasteiger charge is 2.29. The lowest BCUT2D eigenvalue weighted by atomic mass is 9.82. The van der Waals surface area contributed by atoms with Crippen LogP contribution >= 0.6 is 11.3 Å². The highest BCUT2D eigenvalue weighted by molar-refractivity contribution is 7.81. The van der Waals surface area contributed by atoms with Crippen LogP contribution in [0.4, 0.5) is 5.00 Å². The molecular weight excluding hydrogens is 492 g/mol. The molecule has 36 heavy (non-hydrogen) atoms. The van der Waals surface area contributed by atoms with Gasteiger partial charge in [-0.15, -0.1) is 11.3 Å². The molecule has 0 bridgehead atoms. The Labute approximate surface area is 223 Å². The summed E-state index contributed by atoms with van der Waals surface area (Å²) in [7, 11) is 1.45. The molecule has 1 heterocycles. The van der Waals surface area contributed by atoms with Gasteiger partial charge in [-0.3, -0.25) is 13.3 Å². The number of carbonyl (C=O) groups excluding carboxylic acids is 1. The molecule has 1 saturated carbocycles. The van der Waals surface area contributed by atoms with Gasteiger partial charge in [-0.05, 0) is 69.1 Å². The van der Waals surface area contributed by atoms with Crippen molar-refractivity contribution in [1.29, 1.82) is 0 Å². The van der Waals surface area contributed by atoms with Crippen LogP contribution in [0.2, 0.25) is 0 Å². The first-order valence-electron chi connectivity index (χ1n) is 12.9. The van der Waals surface area contributed by atoms with Crippen LogP contribution in [-0.2, 0) is 33.8 Å². The SMILES string of the molecule is COC(=O)CC1CCCC[C@@H]1NCc1ccc(-c2cc(CC(C)C)sc2N(S(=O)[O-])C(C)(C)C)cc1. The highest BCUT2D eigenvalue weighted by Crippen LogP contribution is 2.43. The van der Waals surface area contributed by atoms with Crippen LogP contribution < -0.4 is 9.62 Å². The third-order valence-corrected chi connectivity index (χ3v) is 9.00. The molecule has 0 spiro atoms. The molecule has 8 heteroatoms. The second-order valence-corrected chi connectivity index (χ2v) is 13.1. The van der Waals surface area contributed by atoms with Crippen molar-refractivity contribution in [3.8, 4) is 11.1 Å². The van der Waals surface area contributed by atoms with Crippen LogP contribution in [0, 0.1) is 11.8 Å². The zero-order chi connectivity index (χ0) is 26.5. The minimum Gasteiger partial charge on any atom is -0.755 e. The van der Waals surface area contributed by atoms with Gasteiger partial charge < -0.3 is 14.6 Å². The number of hydrogen-bond acceptors (Lipinski definition) is 6. The lowest BCUT2D eigenvalue weighted by molar-refractivity contribution is -0.142. The second-order valence-electron chi connectivity index (χ2n) is 11.2. The first-order chi connectivity index (χ1) is 17.0. The van der Waals surface area contributed by atoms with Crippen LogP contribution in [0.3, 0.4) is 0 Å². The Morgan fingerprint density at radius 2 is 1.89 bits per heavy atom. The number of nitrogens with zero attached hydrogens (tertiary/aromatic N) is 1. The van der Waals surface area contributed by atoms with Crippen LogP contribution in [0.5, 0.6) is 0 Å². The second kappa shape index (κ2) is 12.7. The Kier molecular flexibility index (Phi) is 10.1. The van der Waals surface area contributed by atoms with Crippen molar-refractivity contribution in [2.75, 3.05) is 11.4 Å². The van der Waals surface area contributed by atoms with Gasteiger partial charge in [0.15, 0.2) is 0 Å². The summed E-state index contributed by atoms with van der Waals surface area (Å²) < 4.78 is 30.9. The standard InChI is InChI=1S/C28H42N2O4S2/c1-19(2)15-23-17-24(27(35-23)30(36(32)33)28(3,4)5)21-13-11-20(12-14-21)18-29-25-10-8-7-9-22(25)16-26(31)34-6/h11-14,17,19,22,25,29H,7-10,15-16,18H2,1-6H3,(H,32,33)/p-1/t22?,25-/m0/s1. The van der Waals surface area contributed by atoms with Crippen LogP contribution in [-0.4, -0.2) is 33.4 Å². The fraction of sp³-hybridized carbons (Fsp3) is 0.607. The van der Waals surface area contributed by atoms with E-state index in [0.29, 0.717) is 24.3 Å². The van der Waals surface area contributed by atoms with E-state index in [1.165, 1.54) is 28.3 Å². The molecule has 200 valence electrons. The molecule has 6 nitrogen and oxygen atoms in total. The number of nitrogens with one attached hydrogen (secondary N) is 1. The van der Waals surface area contributed by atoms with Crippen LogP contribution in [0.1, 0.15) is 77.2 Å². The van der Waals surface area contributed by atoms with E-state index in [1.807, 2.05) is 20.8 Å². The zero-order valence-electron chi connectivity index (χ0n) is 22.5. The molecule has 0 radical (unpaired) electrons. The van der Waals surface area contributed by atoms with Gasteiger partial charge in [-0.2, -0.15) is 0 Å². The zero-order valence-corrected chi connectivity index (χ0v) is 24.1. The summed E-state index contributed by atoms with van der Waals surface area (Å²) in [6.45, 7) is 10.8. The number of anilines is 1. The van der Waals surface area contributed by atoms with Crippen molar-refractivity contribution >= 4 is 33.6 Å². The molecule has 0 aliphatic heterocycles. The van der Waals surface area contributed by atoms with E-state index < -0.39 is 16.8 Å². The molecule has 1 aliphatic rings. The van der Waals surface area contributed by atoms with Gasteiger partial charge in [0.1, 0.15) is 5.00 Å². The summed E-state index contributed by atoms with van der Waals surface area (Å²) in [5.41, 5.74) is 2.58. The van der Waals surface area contributed by atoms with E-state index >= 15 is 0 Å². The average Bonchev–Trinajstić information content (AvgIpc) is 3.19. The Balaban J connectivity index is 1.80. The Morgan fingerprint density at radius 1 is 1.22 bits per heavy atom. The summed E-state index contributed by atoms with van der Waals surface area (Å²) in [5.74, 6) is 0.667. The van der Waals surface area contributed by atoms with Crippen LogP contribution in [0.15, 0.2) is 30.3 Å². The summed E-state index contributed by atoms with van der Waals surface area (Å²) in [4.78, 5) is 13.0. The topological polar surface area (TPSA) is 81.7 Å². The molecule has 1 aliphatic carbocycles. The van der Waals surface area contributed by atoms with Gasteiger partial charge in [0.05, 0.1) is 7.11 Å². The molecule has 0 amide bonds. The summed E-state index contributed by atoms with van der Waals surface area (Å²) in [6, 6.07) is 10.9. The van der Waals surface area contributed by atoms with Crippen molar-refractivity contribution in [3.63, 3.8) is 0 Å². The Morgan fingerprint density at radius 3 is 2.47 bits per heavy atom. The predicted molar refractivity (Wildman–Crippen MR) is 149 cm³/mol. The molecule has 1 N–H and O–H groups in total. The molecule has 3 rings (SSSR count). The number of rotatable bonds is 10. The lowest BCUT2D eigenvalue weighted by Crippen LogP contribution is -2.42. The van der Waals surface area contributed by atoms with Crippen molar-refractivity contribution < 1.29 is 18.3 Å². The van der Waals surface area contributed by atoms with Gasteiger partial charge in [-0.1, -0.05) is 51.0 Å². The van der Waals surface area contributed by atoms with E-state index in [9.17, 15) is 13.6 Å². The Hall–Kier alpha value is -1.74. The minimum absolute atomic E-state index is 0.134. The highest BCUT2D eigenvalue weighted by atomic mass is 32.2. The minimum atomic E-state index is -2.38. The van der Waals surface area contributed by atoms with Gasteiger partial charge in [0, 0.05) is 46.3 Å². The fourth-order valence-electron chi connectivity index (χ4n) is 4.96.